The minimum absolute atomic E-state index is 0. The molecule has 2 N–H and O–H groups in total. The fourth-order valence-corrected chi connectivity index (χ4v) is 5.33. The highest BCUT2D eigenvalue weighted by atomic mass is 35.5. The Hall–Kier alpha value is -2.85. The molecule has 1 amide bonds. The number of carbonyl (C=O) groups excluding carboxylic acids is 1. The van der Waals surface area contributed by atoms with Crippen molar-refractivity contribution >= 4 is 47.2 Å². The number of hydrogen-bond acceptors (Lipinski definition) is 5. The molecule has 4 rings (SSSR count). The van der Waals surface area contributed by atoms with Gasteiger partial charge in [-0.05, 0) is 85.3 Å². The largest absolute Gasteiger partial charge is 0.573 e. The Balaban J connectivity index is 0.00000462. The second-order valence-electron chi connectivity index (χ2n) is 9.47. The van der Waals surface area contributed by atoms with Crippen molar-refractivity contribution in [2.45, 2.75) is 32.5 Å². The first-order valence-corrected chi connectivity index (χ1v) is 13.5. The van der Waals surface area contributed by atoms with Gasteiger partial charge in [-0.3, -0.25) is 4.79 Å². The van der Waals surface area contributed by atoms with Crippen LogP contribution in [-0.4, -0.2) is 38.6 Å². The Morgan fingerprint density at radius 3 is 2.27 bits per heavy atom. The first-order chi connectivity index (χ1) is 19.0. The van der Waals surface area contributed by atoms with Crippen molar-refractivity contribution in [3.8, 4) is 17.2 Å². The van der Waals surface area contributed by atoms with E-state index in [1.165, 1.54) is 18.2 Å². The number of amides is 1. The molecule has 0 bridgehead atoms. The van der Waals surface area contributed by atoms with E-state index in [2.05, 4.69) is 4.74 Å². The fourth-order valence-electron chi connectivity index (χ4n) is 4.63. The summed E-state index contributed by atoms with van der Waals surface area (Å²) in [6.45, 7) is 3.00. The highest BCUT2D eigenvalue weighted by Crippen LogP contribution is 2.35. The smallest absolute Gasteiger partial charge is 0.490 e. The van der Waals surface area contributed by atoms with Crippen LogP contribution in [0.4, 0.5) is 18.9 Å². The molecule has 0 fully saturated rings. The molecule has 1 aliphatic heterocycles. The van der Waals surface area contributed by atoms with E-state index in [0.717, 1.165) is 11.1 Å². The summed E-state index contributed by atoms with van der Waals surface area (Å²) in [7, 11) is 0. The molecule has 0 radical (unpaired) electrons. The van der Waals surface area contributed by atoms with Gasteiger partial charge in [-0.2, -0.15) is 0 Å². The summed E-state index contributed by atoms with van der Waals surface area (Å²) in [5.74, 6) is 0.0790. The molecule has 0 saturated heterocycles. The van der Waals surface area contributed by atoms with Crippen molar-refractivity contribution in [3.63, 3.8) is 0 Å². The van der Waals surface area contributed by atoms with E-state index in [0.29, 0.717) is 58.6 Å². The molecule has 0 aliphatic carbocycles. The maximum Gasteiger partial charge on any atom is 0.573 e. The lowest BCUT2D eigenvalue weighted by Gasteiger charge is -2.32. The van der Waals surface area contributed by atoms with Gasteiger partial charge in [0.2, 0.25) is 5.91 Å². The molecule has 1 atom stereocenters. The summed E-state index contributed by atoms with van der Waals surface area (Å²) in [6, 6.07) is 14.9. The Morgan fingerprint density at radius 1 is 1.00 bits per heavy atom. The third kappa shape index (κ3) is 8.82. The Bertz CT molecular complexity index is 1320. The van der Waals surface area contributed by atoms with Crippen molar-refractivity contribution < 1.29 is 32.2 Å². The van der Waals surface area contributed by atoms with Gasteiger partial charge >= 0.3 is 6.36 Å². The summed E-state index contributed by atoms with van der Waals surface area (Å²) in [5, 5.41) is 0.873. The highest BCUT2D eigenvalue weighted by molar-refractivity contribution is 6.37. The zero-order valence-electron chi connectivity index (χ0n) is 22.2. The number of fused-ring (bicyclic) bond motifs is 1. The van der Waals surface area contributed by atoms with Gasteiger partial charge in [0.25, 0.3) is 0 Å². The van der Waals surface area contributed by atoms with E-state index in [1.807, 2.05) is 19.1 Å². The van der Waals surface area contributed by atoms with Gasteiger partial charge in [0, 0.05) is 18.8 Å². The monoisotopic (exact) mass is 632 g/mol. The quantitative estimate of drug-likeness (QED) is 0.240. The van der Waals surface area contributed by atoms with Crippen molar-refractivity contribution in [2.75, 3.05) is 31.2 Å². The molecule has 3 aromatic carbocycles. The fraction of sp³-hybridized carbons (Fsp3) is 0.345. The number of halogens is 6. The van der Waals surface area contributed by atoms with Gasteiger partial charge in [-0.25, -0.2) is 0 Å². The van der Waals surface area contributed by atoms with Crippen LogP contribution in [0, 0.1) is 12.8 Å². The molecule has 0 spiro atoms. The van der Waals surface area contributed by atoms with E-state index in [4.69, 9.17) is 38.4 Å². The van der Waals surface area contributed by atoms with Crippen molar-refractivity contribution in [3.05, 3.63) is 81.3 Å². The number of carbonyl (C=O) groups is 1. The zero-order chi connectivity index (χ0) is 28.9. The van der Waals surface area contributed by atoms with Crippen molar-refractivity contribution in [1.29, 1.82) is 0 Å². The number of hydrogen-bond donors (Lipinski definition) is 1. The van der Waals surface area contributed by atoms with Crippen LogP contribution < -0.4 is 24.8 Å². The van der Waals surface area contributed by atoms with Crippen LogP contribution >= 0.6 is 35.6 Å². The zero-order valence-corrected chi connectivity index (χ0v) is 24.5. The molecule has 1 aliphatic rings. The summed E-state index contributed by atoms with van der Waals surface area (Å²) in [6.07, 6.45) is -3.19. The van der Waals surface area contributed by atoms with E-state index < -0.39 is 12.3 Å². The summed E-state index contributed by atoms with van der Waals surface area (Å²) in [5.41, 5.74) is 9.04. The van der Waals surface area contributed by atoms with Crippen molar-refractivity contribution in [1.82, 2.24) is 0 Å². The number of nitrogens with zero attached hydrogens (tertiary/aromatic N) is 1. The molecule has 0 aromatic heterocycles. The topological polar surface area (TPSA) is 74.0 Å². The second kappa shape index (κ2) is 14.4. The average Bonchev–Trinajstić information content (AvgIpc) is 2.89. The number of rotatable bonds is 10. The normalized spacial score (nSPS) is 13.6. The lowest BCUT2D eigenvalue weighted by atomic mass is 9.95. The lowest BCUT2D eigenvalue weighted by molar-refractivity contribution is -0.274. The Kier molecular flexibility index (Phi) is 11.4. The van der Waals surface area contributed by atoms with Crippen LogP contribution in [0.3, 0.4) is 0 Å². The van der Waals surface area contributed by atoms with Gasteiger partial charge in [0.05, 0.1) is 16.0 Å². The molecule has 3 aromatic rings. The maximum atomic E-state index is 13.4. The number of aryl methyl sites for hydroxylation is 2. The summed E-state index contributed by atoms with van der Waals surface area (Å²) in [4.78, 5) is 15.0. The number of alkyl halides is 3. The van der Waals surface area contributed by atoms with E-state index >= 15 is 0 Å². The standard InChI is InChI=1S/C29H29Cl2F3N2O4.ClH/c1-18-13-24(30)27(25(31)14-18)39-12-11-38-22-6-4-19(5-7-22)15-21(17-35)28(37)36-10-2-3-20-16-23(8-9-26(20)36)40-29(32,33)34;/h4-9,13-14,16,21H,2-3,10-12,15,17,35H2,1H3;1H. The first kappa shape index (κ1) is 32.7. The molecule has 1 heterocycles. The molecule has 41 heavy (non-hydrogen) atoms. The third-order valence-electron chi connectivity index (χ3n) is 6.45. The van der Waals surface area contributed by atoms with E-state index in [-0.39, 0.29) is 43.8 Å². The van der Waals surface area contributed by atoms with Gasteiger partial charge in [0.15, 0.2) is 5.75 Å². The summed E-state index contributed by atoms with van der Waals surface area (Å²) >= 11 is 12.4. The number of benzene rings is 3. The number of ether oxygens (including phenoxy) is 3. The lowest BCUT2D eigenvalue weighted by Crippen LogP contribution is -2.42. The minimum atomic E-state index is -4.78. The Morgan fingerprint density at radius 2 is 1.63 bits per heavy atom. The van der Waals surface area contributed by atoms with Crippen LogP contribution in [0.15, 0.2) is 54.6 Å². The maximum absolute atomic E-state index is 13.4. The SMILES string of the molecule is Cc1cc(Cl)c(OCCOc2ccc(CC(CN)C(=O)N3CCCc4cc(OC(F)(F)F)ccc43)cc2)c(Cl)c1.Cl. The molecule has 6 nitrogen and oxygen atoms in total. The average molecular weight is 634 g/mol. The van der Waals surface area contributed by atoms with Gasteiger partial charge in [0.1, 0.15) is 24.7 Å². The predicted molar refractivity (Wildman–Crippen MR) is 156 cm³/mol. The van der Waals surface area contributed by atoms with Gasteiger partial charge in [-0.1, -0.05) is 35.3 Å². The molecule has 0 saturated carbocycles. The molecule has 12 heteroatoms. The van der Waals surface area contributed by atoms with E-state index in [1.54, 1.807) is 29.2 Å². The third-order valence-corrected chi connectivity index (χ3v) is 7.01. The van der Waals surface area contributed by atoms with Crippen LogP contribution in [0.2, 0.25) is 10.0 Å². The van der Waals surface area contributed by atoms with Gasteiger partial charge < -0.3 is 24.8 Å². The van der Waals surface area contributed by atoms with Crippen LogP contribution in [0.5, 0.6) is 17.2 Å². The second-order valence-corrected chi connectivity index (χ2v) is 10.3. The molecule has 1 unspecified atom stereocenters. The van der Waals surface area contributed by atoms with E-state index in [9.17, 15) is 18.0 Å². The van der Waals surface area contributed by atoms with Gasteiger partial charge in [-0.15, -0.1) is 25.6 Å². The summed E-state index contributed by atoms with van der Waals surface area (Å²) < 4.78 is 53.3. The number of anilines is 1. The Labute approximate surface area is 252 Å². The van der Waals surface area contributed by atoms with Crippen LogP contribution in [0.25, 0.3) is 0 Å². The highest BCUT2D eigenvalue weighted by Gasteiger charge is 2.33. The molecular weight excluding hydrogens is 604 g/mol. The predicted octanol–water partition coefficient (Wildman–Crippen LogP) is 7.18. The minimum Gasteiger partial charge on any atom is -0.490 e. The first-order valence-electron chi connectivity index (χ1n) is 12.7. The molecular formula is C29H30Cl3F3N2O4. The number of nitrogens with two attached hydrogens (primary N) is 1. The van der Waals surface area contributed by atoms with Crippen LogP contribution in [0.1, 0.15) is 23.1 Å². The molecule has 222 valence electrons. The van der Waals surface area contributed by atoms with Crippen LogP contribution in [-0.2, 0) is 17.6 Å². The van der Waals surface area contributed by atoms with Crippen molar-refractivity contribution in [2.24, 2.45) is 11.7 Å².